The predicted molar refractivity (Wildman–Crippen MR) is 189 cm³/mol. The van der Waals surface area contributed by atoms with Crippen LogP contribution in [0.1, 0.15) is 70.9 Å². The molecule has 5 aromatic rings. The van der Waals surface area contributed by atoms with Gasteiger partial charge in [0.1, 0.15) is 10.9 Å². The molecule has 0 amide bonds. The van der Waals surface area contributed by atoms with Crippen molar-refractivity contribution in [2.24, 2.45) is 7.05 Å². The van der Waals surface area contributed by atoms with Gasteiger partial charge in [0.15, 0.2) is 5.60 Å². The van der Waals surface area contributed by atoms with Crippen molar-refractivity contribution in [2.75, 3.05) is 7.11 Å². The number of hydrogen-bond acceptors (Lipinski definition) is 6. The number of pyridine rings is 2. The van der Waals surface area contributed by atoms with Gasteiger partial charge in [-0.1, -0.05) is 78.3 Å². The second-order valence-corrected chi connectivity index (χ2v) is 18.8. The highest BCUT2D eigenvalue weighted by Gasteiger charge is 2.47. The molecule has 1 atom stereocenters. The van der Waals surface area contributed by atoms with Crippen LogP contribution in [0.15, 0.2) is 73.3 Å². The first kappa shape index (κ1) is 33.6. The van der Waals surface area contributed by atoms with Crippen LogP contribution >= 0.6 is 11.6 Å². The summed E-state index contributed by atoms with van der Waals surface area (Å²) in [6.07, 6.45) is 5.69. The van der Waals surface area contributed by atoms with Crippen molar-refractivity contribution in [3.8, 4) is 22.8 Å². The van der Waals surface area contributed by atoms with Crippen molar-refractivity contribution in [3.63, 3.8) is 0 Å². The Labute approximate surface area is 278 Å². The Kier molecular flexibility index (Phi) is 9.64. The molecule has 0 radical (unpaired) electrons. The number of aliphatic hydroxyl groups is 1. The van der Waals surface area contributed by atoms with E-state index in [9.17, 15) is 5.11 Å². The Balaban J connectivity index is 1.73. The van der Waals surface area contributed by atoms with Crippen LogP contribution in [0.2, 0.25) is 21.8 Å². The number of imidazole rings is 1. The van der Waals surface area contributed by atoms with Gasteiger partial charge in [-0.2, -0.15) is 0 Å². The fraction of sp³-hybridized carbons (Fsp3) is 0.378. The molecule has 46 heavy (non-hydrogen) atoms. The van der Waals surface area contributed by atoms with E-state index in [1.807, 2.05) is 54.9 Å². The Hall–Kier alpha value is -3.72. The maximum absolute atomic E-state index is 12.8. The molecule has 242 valence electrons. The Morgan fingerprint density at radius 3 is 2.26 bits per heavy atom. The fourth-order valence-corrected chi connectivity index (χ4v) is 12.6. The lowest BCUT2D eigenvalue weighted by atomic mass is 9.82. The average molecular weight is 657 g/mol. The van der Waals surface area contributed by atoms with E-state index in [4.69, 9.17) is 25.7 Å². The topological polar surface area (TPSA) is 82.3 Å². The molecule has 1 unspecified atom stereocenters. The molecule has 0 saturated heterocycles. The number of aryl methyl sites for hydroxylation is 2. The normalized spacial score (nSPS) is 13.5. The van der Waals surface area contributed by atoms with Crippen LogP contribution in [0.4, 0.5) is 0 Å². The van der Waals surface area contributed by atoms with Gasteiger partial charge in [0.2, 0.25) is 5.88 Å². The lowest BCUT2D eigenvalue weighted by Crippen LogP contribution is -2.50. The highest BCUT2D eigenvalue weighted by molar-refractivity contribution is 6.78. The van der Waals surface area contributed by atoms with Crippen LogP contribution in [0.3, 0.4) is 0 Å². The number of methoxy groups -OCH3 is 1. The molecule has 3 aromatic heterocycles. The zero-order chi connectivity index (χ0) is 33.4. The van der Waals surface area contributed by atoms with Gasteiger partial charge in [-0.05, 0) is 75.6 Å². The van der Waals surface area contributed by atoms with E-state index in [1.165, 1.54) is 0 Å². The number of aromatic nitrogens is 4. The smallest absolute Gasteiger partial charge is 0.258 e. The first-order valence-electron chi connectivity index (χ1n) is 16.0. The number of benzene rings is 2. The minimum absolute atomic E-state index is 0.428. The van der Waals surface area contributed by atoms with Gasteiger partial charge < -0.3 is 18.8 Å². The molecule has 0 aliphatic carbocycles. The highest BCUT2D eigenvalue weighted by atomic mass is 35.5. The summed E-state index contributed by atoms with van der Waals surface area (Å²) in [6.45, 7) is 15.8. The van der Waals surface area contributed by atoms with Crippen molar-refractivity contribution in [1.29, 1.82) is 0 Å². The number of ether oxygens (including phenoxy) is 1. The number of halogens is 1. The van der Waals surface area contributed by atoms with E-state index in [0.717, 1.165) is 33.3 Å². The maximum atomic E-state index is 12.8. The van der Waals surface area contributed by atoms with Crippen molar-refractivity contribution >= 4 is 30.8 Å². The largest absolute Gasteiger partial charge is 0.543 e. The third-order valence-electron chi connectivity index (χ3n) is 9.46. The standard InChI is InChI=1S/C37H45ClN4O3Si/c1-10-26-16-29(20-40-36(26)38)37(43,34-21-39-22-42(34)8)28-14-15-33-32(18-28)31(19-35(41-33)44-9)27-12-11-13-30(17-27)45-46(23(2)3,24(4)5)25(6)7/h11-25,43H,10H2,1-9H3. The summed E-state index contributed by atoms with van der Waals surface area (Å²) >= 11 is 6.41. The summed E-state index contributed by atoms with van der Waals surface area (Å²) < 4.78 is 14.5. The fourth-order valence-electron chi connectivity index (χ4n) is 7.16. The first-order valence-corrected chi connectivity index (χ1v) is 18.5. The molecule has 1 N–H and O–H groups in total. The van der Waals surface area contributed by atoms with Gasteiger partial charge in [0.25, 0.3) is 8.32 Å². The third-order valence-corrected chi connectivity index (χ3v) is 15.8. The molecule has 3 heterocycles. The molecular formula is C37H45ClN4O3Si. The maximum Gasteiger partial charge on any atom is 0.258 e. The predicted octanol–water partition coefficient (Wildman–Crippen LogP) is 9.09. The molecule has 7 nitrogen and oxygen atoms in total. The lowest BCUT2D eigenvalue weighted by molar-refractivity contribution is 0.117. The Morgan fingerprint density at radius 1 is 0.935 bits per heavy atom. The third kappa shape index (κ3) is 5.83. The molecule has 0 aliphatic rings. The van der Waals surface area contributed by atoms with Crippen LogP contribution in [0.5, 0.6) is 11.6 Å². The van der Waals surface area contributed by atoms with E-state index in [-0.39, 0.29) is 0 Å². The van der Waals surface area contributed by atoms with Crippen LogP contribution in [0.25, 0.3) is 22.0 Å². The zero-order valence-electron chi connectivity index (χ0n) is 28.3. The van der Waals surface area contributed by atoms with Crippen LogP contribution in [0, 0.1) is 0 Å². The average Bonchev–Trinajstić information content (AvgIpc) is 3.48. The first-order chi connectivity index (χ1) is 21.9. The van der Waals surface area contributed by atoms with Gasteiger partial charge in [0.05, 0.1) is 30.8 Å². The van der Waals surface area contributed by atoms with Crippen molar-refractivity contribution < 1.29 is 14.3 Å². The second kappa shape index (κ2) is 13.2. The molecule has 0 aliphatic heterocycles. The minimum atomic E-state index is -2.18. The van der Waals surface area contributed by atoms with Gasteiger partial charge in [-0.25, -0.2) is 15.0 Å². The Bertz CT molecular complexity index is 1830. The molecular weight excluding hydrogens is 612 g/mol. The van der Waals surface area contributed by atoms with Crippen molar-refractivity contribution in [2.45, 2.75) is 77.1 Å². The van der Waals surface area contributed by atoms with Gasteiger partial charge in [-0.3, -0.25) is 0 Å². The van der Waals surface area contributed by atoms with E-state index in [0.29, 0.717) is 50.9 Å². The molecule has 0 saturated carbocycles. The SMILES string of the molecule is CCc1cc(C(O)(c2ccc3nc(OC)cc(-c4cccc(O[Si](C(C)C)(C(C)C)C(C)C)c4)c3c2)c2cncn2C)cnc1Cl. The molecule has 0 fully saturated rings. The van der Waals surface area contributed by atoms with E-state index in [1.54, 1.807) is 25.8 Å². The number of fused-ring (bicyclic) bond motifs is 1. The Morgan fingerprint density at radius 2 is 1.65 bits per heavy atom. The summed E-state index contributed by atoms with van der Waals surface area (Å²) in [4.78, 5) is 13.6. The number of nitrogens with zero attached hydrogens (tertiary/aromatic N) is 4. The van der Waals surface area contributed by atoms with E-state index in [2.05, 4.69) is 69.7 Å². The molecule has 5 rings (SSSR count). The monoisotopic (exact) mass is 656 g/mol. The molecule has 9 heteroatoms. The summed E-state index contributed by atoms with van der Waals surface area (Å²) in [6, 6.07) is 18.0. The second-order valence-electron chi connectivity index (χ2n) is 13.0. The van der Waals surface area contributed by atoms with Crippen molar-refractivity contribution in [3.05, 3.63) is 101 Å². The summed E-state index contributed by atoms with van der Waals surface area (Å²) in [5.41, 5.74) is 5.13. The summed E-state index contributed by atoms with van der Waals surface area (Å²) in [5.74, 6) is 1.37. The van der Waals surface area contributed by atoms with E-state index >= 15 is 0 Å². The van der Waals surface area contributed by atoms with Gasteiger partial charge >= 0.3 is 0 Å². The molecule has 0 spiro atoms. The molecule has 2 aromatic carbocycles. The number of hydrogen-bond donors (Lipinski definition) is 1. The van der Waals surface area contributed by atoms with Crippen LogP contribution < -0.4 is 9.16 Å². The highest BCUT2D eigenvalue weighted by Crippen LogP contribution is 2.44. The summed E-state index contributed by atoms with van der Waals surface area (Å²) in [7, 11) is 1.32. The van der Waals surface area contributed by atoms with Gasteiger partial charge in [0, 0.05) is 30.3 Å². The number of rotatable bonds is 11. The zero-order valence-corrected chi connectivity index (χ0v) is 30.1. The summed E-state index contributed by atoms with van der Waals surface area (Å²) in [5, 5.41) is 14.0. The van der Waals surface area contributed by atoms with Crippen LogP contribution in [-0.4, -0.2) is 40.1 Å². The van der Waals surface area contributed by atoms with E-state index < -0.39 is 13.9 Å². The minimum Gasteiger partial charge on any atom is -0.543 e. The lowest BCUT2D eigenvalue weighted by Gasteiger charge is -2.42. The van der Waals surface area contributed by atoms with Gasteiger partial charge in [-0.15, -0.1) is 0 Å². The molecule has 0 bridgehead atoms. The van der Waals surface area contributed by atoms with Crippen molar-refractivity contribution in [1.82, 2.24) is 19.5 Å². The quantitative estimate of drug-likeness (QED) is 0.113. The van der Waals surface area contributed by atoms with Crippen LogP contribution in [-0.2, 0) is 19.1 Å².